The largest absolute Gasteiger partial charge is 0.356 e. The molecule has 2 atom stereocenters. The van der Waals surface area contributed by atoms with Crippen LogP contribution in [0.5, 0.6) is 0 Å². The minimum absolute atomic E-state index is 0.132. The van der Waals surface area contributed by atoms with Crippen molar-refractivity contribution in [2.24, 2.45) is 0 Å². The summed E-state index contributed by atoms with van der Waals surface area (Å²) in [5.74, 6) is 0.195. The summed E-state index contributed by atoms with van der Waals surface area (Å²) >= 11 is 5.78. The topological polar surface area (TPSA) is 39.3 Å². The number of amides is 1. The van der Waals surface area contributed by atoms with Crippen molar-refractivity contribution >= 4 is 34.1 Å². The van der Waals surface area contributed by atoms with Gasteiger partial charge in [0, 0.05) is 29.6 Å². The molecule has 138 valence electrons. The highest BCUT2D eigenvalue weighted by atomic mass is 32.1. The lowest BCUT2D eigenvalue weighted by atomic mass is 9.90. The molecular weight excluding hydrogens is 342 g/mol. The number of nitrogens with one attached hydrogen (secondary N) is 1. The van der Waals surface area contributed by atoms with Gasteiger partial charge < -0.3 is 9.88 Å². The van der Waals surface area contributed by atoms with Gasteiger partial charge in [-0.1, -0.05) is 51.3 Å². The molecule has 0 bridgehead atoms. The summed E-state index contributed by atoms with van der Waals surface area (Å²) < 4.78 is 0. The zero-order valence-corrected chi connectivity index (χ0v) is 16.4. The Labute approximate surface area is 160 Å². The average molecular weight is 370 g/mol. The Bertz CT molecular complexity index is 843. The third-order valence-electron chi connectivity index (χ3n) is 5.82. The fourth-order valence-electron chi connectivity index (χ4n) is 4.46. The van der Waals surface area contributed by atoms with Gasteiger partial charge in [0.05, 0.1) is 6.04 Å². The number of para-hydroxylation sites is 1. The standard InChI is InChI=1S/C21H27N3OS/c1-3-5-11-17-19-15(14-9-7-8-10-16(14)22-19)13-18-20(25)23(12-6-4-2)21(26)24(17)18/h7-10,17-18,22H,3-6,11-13H2,1-2H3/t17-,18+/m0/s1. The van der Waals surface area contributed by atoms with Gasteiger partial charge in [0.2, 0.25) is 0 Å². The maximum Gasteiger partial charge on any atom is 0.251 e. The molecule has 1 aromatic heterocycles. The van der Waals surface area contributed by atoms with Crippen molar-refractivity contribution in [2.45, 2.75) is 64.5 Å². The molecule has 3 heterocycles. The summed E-state index contributed by atoms with van der Waals surface area (Å²) in [5.41, 5.74) is 3.75. The van der Waals surface area contributed by atoms with Crippen LogP contribution in [0.25, 0.3) is 10.9 Å². The molecule has 5 heteroatoms. The van der Waals surface area contributed by atoms with Crippen LogP contribution in [0.3, 0.4) is 0 Å². The predicted molar refractivity (Wildman–Crippen MR) is 109 cm³/mol. The predicted octanol–water partition coefficient (Wildman–Crippen LogP) is 4.55. The number of benzene rings is 1. The van der Waals surface area contributed by atoms with E-state index in [0.717, 1.165) is 50.2 Å². The highest BCUT2D eigenvalue weighted by molar-refractivity contribution is 7.80. The molecule has 0 aliphatic carbocycles. The van der Waals surface area contributed by atoms with E-state index in [1.54, 1.807) is 0 Å². The first kappa shape index (κ1) is 17.5. The number of aromatic amines is 1. The lowest BCUT2D eigenvalue weighted by Crippen LogP contribution is -2.43. The van der Waals surface area contributed by atoms with E-state index in [4.69, 9.17) is 12.2 Å². The number of nitrogens with zero attached hydrogens (tertiary/aromatic N) is 2. The van der Waals surface area contributed by atoms with Crippen molar-refractivity contribution in [1.29, 1.82) is 0 Å². The van der Waals surface area contributed by atoms with Crippen molar-refractivity contribution in [2.75, 3.05) is 6.54 Å². The van der Waals surface area contributed by atoms with Crippen molar-refractivity contribution in [3.63, 3.8) is 0 Å². The first-order valence-corrected chi connectivity index (χ1v) is 10.3. The van der Waals surface area contributed by atoms with Crippen molar-refractivity contribution in [1.82, 2.24) is 14.8 Å². The van der Waals surface area contributed by atoms with Crippen LogP contribution < -0.4 is 0 Å². The zero-order chi connectivity index (χ0) is 18.3. The summed E-state index contributed by atoms with van der Waals surface area (Å²) in [4.78, 5) is 20.9. The molecular formula is C21H27N3OS. The second-order valence-corrected chi connectivity index (χ2v) is 7.84. The van der Waals surface area contributed by atoms with E-state index in [1.165, 1.54) is 22.2 Å². The quantitative estimate of drug-likeness (QED) is 0.759. The van der Waals surface area contributed by atoms with Crippen molar-refractivity contribution < 1.29 is 4.79 Å². The van der Waals surface area contributed by atoms with Gasteiger partial charge in [-0.2, -0.15) is 0 Å². The third-order valence-corrected chi connectivity index (χ3v) is 6.25. The number of aromatic nitrogens is 1. The molecule has 0 spiro atoms. The van der Waals surface area contributed by atoms with Gasteiger partial charge in [-0.25, -0.2) is 0 Å². The summed E-state index contributed by atoms with van der Waals surface area (Å²) in [6.45, 7) is 5.11. The fraction of sp³-hybridized carbons (Fsp3) is 0.524. The normalized spacial score (nSPS) is 22.2. The molecule has 1 fully saturated rings. The molecule has 0 saturated carbocycles. The van der Waals surface area contributed by atoms with Gasteiger partial charge in [-0.15, -0.1) is 0 Å². The number of unbranched alkanes of at least 4 members (excludes halogenated alkanes) is 2. The number of hydrogen-bond donors (Lipinski definition) is 1. The molecule has 2 aliphatic rings. The maximum atomic E-state index is 13.1. The van der Waals surface area contributed by atoms with Gasteiger partial charge in [-0.3, -0.25) is 9.69 Å². The van der Waals surface area contributed by atoms with E-state index in [-0.39, 0.29) is 18.0 Å². The number of hydrogen-bond acceptors (Lipinski definition) is 2. The molecule has 4 nitrogen and oxygen atoms in total. The van der Waals surface area contributed by atoms with E-state index in [0.29, 0.717) is 0 Å². The van der Waals surface area contributed by atoms with Crippen molar-refractivity contribution in [3.8, 4) is 0 Å². The smallest absolute Gasteiger partial charge is 0.251 e. The highest BCUT2D eigenvalue weighted by Gasteiger charge is 2.49. The minimum atomic E-state index is -0.132. The van der Waals surface area contributed by atoms with Gasteiger partial charge >= 0.3 is 0 Å². The molecule has 1 N–H and O–H groups in total. The Morgan fingerprint density at radius 2 is 1.96 bits per heavy atom. The Hall–Kier alpha value is -1.88. The second-order valence-electron chi connectivity index (χ2n) is 7.47. The second kappa shape index (κ2) is 7.03. The molecule has 2 aliphatic heterocycles. The number of thiocarbonyl (C=S) groups is 1. The molecule has 26 heavy (non-hydrogen) atoms. The van der Waals surface area contributed by atoms with E-state index in [2.05, 4.69) is 48.0 Å². The molecule has 1 amide bonds. The number of carbonyl (C=O) groups is 1. The van der Waals surface area contributed by atoms with E-state index < -0.39 is 0 Å². The van der Waals surface area contributed by atoms with Crippen LogP contribution in [-0.2, 0) is 11.2 Å². The van der Waals surface area contributed by atoms with E-state index in [1.807, 2.05) is 4.90 Å². The van der Waals surface area contributed by atoms with E-state index >= 15 is 0 Å². The fourth-order valence-corrected chi connectivity index (χ4v) is 4.90. The van der Waals surface area contributed by atoms with Crippen LogP contribution in [0, 0.1) is 0 Å². The third kappa shape index (κ3) is 2.64. The Balaban J connectivity index is 1.77. The van der Waals surface area contributed by atoms with Crippen molar-refractivity contribution in [3.05, 3.63) is 35.5 Å². The molecule has 1 saturated heterocycles. The lowest BCUT2D eigenvalue weighted by Gasteiger charge is -2.37. The summed E-state index contributed by atoms with van der Waals surface area (Å²) in [6, 6.07) is 8.49. The Morgan fingerprint density at radius 1 is 1.19 bits per heavy atom. The number of carbonyl (C=O) groups excluding carboxylic acids is 1. The van der Waals surface area contributed by atoms with E-state index in [9.17, 15) is 4.79 Å². The van der Waals surface area contributed by atoms with Crippen LogP contribution in [0.1, 0.15) is 63.3 Å². The molecule has 0 unspecified atom stereocenters. The SMILES string of the molecule is CCCC[C@H]1c2[nH]c3ccccc3c2C[C@@H]2C(=O)N(CCCC)C(=S)N21. The molecule has 0 radical (unpaired) electrons. The molecule has 1 aromatic carbocycles. The Morgan fingerprint density at radius 3 is 2.73 bits per heavy atom. The highest BCUT2D eigenvalue weighted by Crippen LogP contribution is 2.43. The van der Waals surface area contributed by atoms with Crippen LogP contribution >= 0.6 is 12.2 Å². The Kier molecular flexibility index (Phi) is 4.74. The lowest BCUT2D eigenvalue weighted by molar-refractivity contribution is -0.128. The van der Waals surface area contributed by atoms with Gasteiger partial charge in [-0.05, 0) is 36.7 Å². The van der Waals surface area contributed by atoms with Gasteiger partial charge in [0.15, 0.2) is 5.11 Å². The number of fused-ring (bicyclic) bond motifs is 4. The van der Waals surface area contributed by atoms with Crippen LogP contribution in [-0.4, -0.2) is 38.4 Å². The first-order chi connectivity index (χ1) is 12.7. The molecule has 2 aromatic rings. The monoisotopic (exact) mass is 369 g/mol. The minimum Gasteiger partial charge on any atom is -0.356 e. The summed E-state index contributed by atoms with van der Waals surface area (Å²) in [6.07, 6.45) is 6.13. The maximum absolute atomic E-state index is 13.1. The summed E-state index contributed by atoms with van der Waals surface area (Å²) in [7, 11) is 0. The summed E-state index contributed by atoms with van der Waals surface area (Å²) in [5, 5.41) is 1.99. The number of rotatable bonds is 6. The zero-order valence-electron chi connectivity index (χ0n) is 15.6. The van der Waals surface area contributed by atoms with Crippen LogP contribution in [0.2, 0.25) is 0 Å². The van der Waals surface area contributed by atoms with Crippen LogP contribution in [0.4, 0.5) is 0 Å². The van der Waals surface area contributed by atoms with Crippen LogP contribution in [0.15, 0.2) is 24.3 Å². The van der Waals surface area contributed by atoms with Gasteiger partial charge in [0.1, 0.15) is 6.04 Å². The first-order valence-electron chi connectivity index (χ1n) is 9.90. The number of H-pyrrole nitrogens is 1. The average Bonchev–Trinajstić information content (AvgIpc) is 3.14. The molecule has 4 rings (SSSR count). The van der Waals surface area contributed by atoms with Gasteiger partial charge in [0.25, 0.3) is 5.91 Å².